The molecule has 1 aliphatic heterocycles. The van der Waals surface area contributed by atoms with E-state index in [1.54, 1.807) is 0 Å². The Morgan fingerprint density at radius 2 is 2.11 bits per heavy atom. The Morgan fingerprint density at radius 3 is 2.67 bits per heavy atom. The van der Waals surface area contributed by atoms with Gasteiger partial charge in [0.15, 0.2) is 0 Å². The lowest BCUT2D eigenvalue weighted by Gasteiger charge is -2.38. The maximum Gasteiger partial charge on any atom is 0.320 e. The van der Waals surface area contributed by atoms with Crippen LogP contribution < -0.4 is 0 Å². The molecular formula is C14H27NO3. The highest BCUT2D eigenvalue weighted by atomic mass is 16.6. The Hall–Kier alpha value is -0.610. The Bertz CT molecular complexity index is 273. The van der Waals surface area contributed by atoms with E-state index in [1.807, 2.05) is 27.7 Å². The molecule has 0 aliphatic carbocycles. The Morgan fingerprint density at radius 1 is 1.44 bits per heavy atom. The van der Waals surface area contributed by atoms with Gasteiger partial charge in [0.2, 0.25) is 0 Å². The van der Waals surface area contributed by atoms with E-state index in [9.17, 15) is 9.90 Å². The van der Waals surface area contributed by atoms with E-state index in [-0.39, 0.29) is 18.1 Å². The van der Waals surface area contributed by atoms with Crippen LogP contribution in [-0.2, 0) is 9.53 Å². The van der Waals surface area contributed by atoms with Gasteiger partial charge in [-0.25, -0.2) is 0 Å². The van der Waals surface area contributed by atoms with E-state index in [0.717, 1.165) is 32.2 Å². The number of nitrogens with zero attached hydrogens (tertiary/aromatic N) is 1. The molecule has 0 aromatic rings. The minimum absolute atomic E-state index is 0.108. The number of aliphatic hydroxyl groups is 1. The standard InChI is InChI=1S/C14H27NO3/c1-5-12(16)11-8-6-7-9-15(11)10-13(17)18-14(2,3)4/h11-12,16H,5-10H2,1-4H3. The van der Waals surface area contributed by atoms with Gasteiger partial charge in [0.05, 0.1) is 12.6 Å². The summed E-state index contributed by atoms with van der Waals surface area (Å²) in [7, 11) is 0. The number of esters is 1. The summed E-state index contributed by atoms with van der Waals surface area (Å²) in [6.45, 7) is 8.77. The number of hydrogen-bond acceptors (Lipinski definition) is 4. The Balaban J connectivity index is 2.54. The average molecular weight is 257 g/mol. The van der Waals surface area contributed by atoms with Crippen LogP contribution in [0.15, 0.2) is 0 Å². The molecule has 0 amide bonds. The molecule has 2 atom stereocenters. The van der Waals surface area contributed by atoms with Gasteiger partial charge >= 0.3 is 5.97 Å². The van der Waals surface area contributed by atoms with Crippen LogP contribution in [-0.4, -0.2) is 46.8 Å². The zero-order chi connectivity index (χ0) is 13.8. The summed E-state index contributed by atoms with van der Waals surface area (Å²) in [6, 6.07) is 0.108. The van der Waals surface area contributed by atoms with Crippen molar-refractivity contribution >= 4 is 5.97 Å². The van der Waals surface area contributed by atoms with Gasteiger partial charge in [0, 0.05) is 6.04 Å². The smallest absolute Gasteiger partial charge is 0.320 e. The van der Waals surface area contributed by atoms with Crippen LogP contribution in [0.1, 0.15) is 53.4 Å². The molecule has 2 unspecified atom stereocenters. The van der Waals surface area contributed by atoms with E-state index in [2.05, 4.69) is 4.90 Å². The monoisotopic (exact) mass is 257 g/mol. The first kappa shape index (κ1) is 15.4. The van der Waals surface area contributed by atoms with Gasteiger partial charge in [-0.1, -0.05) is 13.3 Å². The minimum Gasteiger partial charge on any atom is -0.459 e. The van der Waals surface area contributed by atoms with Gasteiger partial charge in [-0.3, -0.25) is 9.69 Å². The van der Waals surface area contributed by atoms with Crippen LogP contribution in [0.3, 0.4) is 0 Å². The first-order valence-electron chi connectivity index (χ1n) is 6.97. The normalized spacial score (nSPS) is 23.7. The van der Waals surface area contributed by atoms with Crippen molar-refractivity contribution in [3.63, 3.8) is 0 Å². The zero-order valence-corrected chi connectivity index (χ0v) is 12.1. The van der Waals surface area contributed by atoms with Crippen LogP contribution in [0.5, 0.6) is 0 Å². The highest BCUT2D eigenvalue weighted by Gasteiger charge is 2.30. The molecule has 4 nitrogen and oxygen atoms in total. The van der Waals surface area contributed by atoms with E-state index in [0.29, 0.717) is 6.54 Å². The van der Waals surface area contributed by atoms with Gasteiger partial charge in [0.1, 0.15) is 5.60 Å². The van der Waals surface area contributed by atoms with Crippen molar-refractivity contribution in [3.8, 4) is 0 Å². The van der Waals surface area contributed by atoms with E-state index < -0.39 is 5.60 Å². The van der Waals surface area contributed by atoms with Crippen molar-refractivity contribution in [1.29, 1.82) is 0 Å². The van der Waals surface area contributed by atoms with Crippen LogP contribution in [0.2, 0.25) is 0 Å². The maximum atomic E-state index is 11.8. The van der Waals surface area contributed by atoms with Crippen LogP contribution in [0, 0.1) is 0 Å². The lowest BCUT2D eigenvalue weighted by molar-refractivity contribution is -0.157. The summed E-state index contributed by atoms with van der Waals surface area (Å²) in [6.07, 6.45) is 3.59. The summed E-state index contributed by atoms with van der Waals surface area (Å²) in [5, 5.41) is 10.0. The van der Waals surface area contributed by atoms with Crippen LogP contribution in [0.4, 0.5) is 0 Å². The fourth-order valence-electron chi connectivity index (χ4n) is 2.46. The zero-order valence-electron chi connectivity index (χ0n) is 12.1. The van der Waals surface area contributed by atoms with Crippen molar-refractivity contribution in [2.45, 2.75) is 71.1 Å². The Labute approximate surface area is 110 Å². The fraction of sp³-hybridized carbons (Fsp3) is 0.929. The van der Waals surface area contributed by atoms with E-state index in [1.165, 1.54) is 0 Å². The molecule has 0 saturated carbocycles. The molecule has 0 aromatic heterocycles. The van der Waals surface area contributed by atoms with Gasteiger partial charge in [-0.05, 0) is 46.6 Å². The van der Waals surface area contributed by atoms with Gasteiger partial charge < -0.3 is 9.84 Å². The number of hydrogen-bond donors (Lipinski definition) is 1. The lowest BCUT2D eigenvalue weighted by Crippen LogP contribution is -2.49. The number of aliphatic hydroxyl groups excluding tert-OH is 1. The summed E-state index contributed by atoms with van der Waals surface area (Å²) in [4.78, 5) is 13.9. The second kappa shape index (κ2) is 6.53. The molecule has 1 aliphatic rings. The highest BCUT2D eigenvalue weighted by Crippen LogP contribution is 2.21. The molecule has 1 saturated heterocycles. The molecule has 1 heterocycles. The minimum atomic E-state index is -0.439. The highest BCUT2D eigenvalue weighted by molar-refractivity contribution is 5.72. The molecule has 18 heavy (non-hydrogen) atoms. The molecule has 0 radical (unpaired) electrons. The predicted octanol–water partition coefficient (Wildman–Crippen LogP) is 1.95. The third kappa shape index (κ3) is 4.94. The van der Waals surface area contributed by atoms with Crippen molar-refractivity contribution in [2.75, 3.05) is 13.1 Å². The second-order valence-electron chi connectivity index (χ2n) is 6.10. The van der Waals surface area contributed by atoms with Crippen LogP contribution >= 0.6 is 0 Å². The molecule has 0 bridgehead atoms. The van der Waals surface area contributed by atoms with Gasteiger partial charge in [-0.2, -0.15) is 0 Å². The first-order valence-corrected chi connectivity index (χ1v) is 6.97. The summed E-state index contributed by atoms with van der Waals surface area (Å²) >= 11 is 0. The quantitative estimate of drug-likeness (QED) is 0.782. The van der Waals surface area contributed by atoms with Crippen molar-refractivity contribution < 1.29 is 14.6 Å². The summed E-state index contributed by atoms with van der Waals surface area (Å²) in [5.41, 5.74) is -0.439. The molecule has 106 valence electrons. The summed E-state index contributed by atoms with van der Waals surface area (Å²) < 4.78 is 5.34. The van der Waals surface area contributed by atoms with E-state index in [4.69, 9.17) is 4.74 Å². The van der Waals surface area contributed by atoms with Crippen molar-refractivity contribution in [3.05, 3.63) is 0 Å². The Kier molecular flexibility index (Phi) is 5.60. The number of piperidine rings is 1. The molecule has 4 heteroatoms. The van der Waals surface area contributed by atoms with Gasteiger partial charge in [0.25, 0.3) is 0 Å². The van der Waals surface area contributed by atoms with Crippen molar-refractivity contribution in [2.24, 2.45) is 0 Å². The number of carbonyl (C=O) groups is 1. The van der Waals surface area contributed by atoms with Crippen molar-refractivity contribution in [1.82, 2.24) is 4.90 Å². The predicted molar refractivity (Wildman–Crippen MR) is 71.4 cm³/mol. The SMILES string of the molecule is CCC(O)C1CCCCN1CC(=O)OC(C)(C)C. The summed E-state index contributed by atoms with van der Waals surface area (Å²) in [5.74, 6) is -0.197. The first-order chi connectivity index (χ1) is 8.33. The molecule has 1 rings (SSSR count). The average Bonchev–Trinajstić information content (AvgIpc) is 2.26. The number of rotatable bonds is 4. The number of likely N-dealkylation sites (tertiary alicyclic amines) is 1. The van der Waals surface area contributed by atoms with Crippen LogP contribution in [0.25, 0.3) is 0 Å². The molecule has 1 fully saturated rings. The molecular weight excluding hydrogens is 230 g/mol. The maximum absolute atomic E-state index is 11.8. The lowest BCUT2D eigenvalue weighted by atomic mass is 9.96. The second-order valence-corrected chi connectivity index (χ2v) is 6.10. The molecule has 0 spiro atoms. The molecule has 0 aromatic carbocycles. The van der Waals surface area contributed by atoms with Gasteiger partial charge in [-0.15, -0.1) is 0 Å². The number of carbonyl (C=O) groups excluding carboxylic acids is 1. The largest absolute Gasteiger partial charge is 0.459 e. The molecule has 1 N–H and O–H groups in total. The third-order valence-electron chi connectivity index (χ3n) is 3.28. The fourth-order valence-corrected chi connectivity index (χ4v) is 2.46. The van der Waals surface area contributed by atoms with E-state index >= 15 is 0 Å². The topological polar surface area (TPSA) is 49.8 Å². The number of ether oxygens (including phenoxy) is 1. The third-order valence-corrected chi connectivity index (χ3v) is 3.28.